The SMILES string of the molecule is CCC(C)(C)C1CCc2c(sc(NC(=O)c3c(OC)cccc3OC)c2C(=O)OC)C1. The van der Waals surface area contributed by atoms with Gasteiger partial charge in [0.15, 0.2) is 0 Å². The molecule has 0 bridgehead atoms. The van der Waals surface area contributed by atoms with Gasteiger partial charge in [-0.25, -0.2) is 4.79 Å². The van der Waals surface area contributed by atoms with Crippen molar-refractivity contribution in [3.63, 3.8) is 0 Å². The van der Waals surface area contributed by atoms with Crippen LogP contribution in [0.5, 0.6) is 11.5 Å². The average molecular weight is 446 g/mol. The minimum Gasteiger partial charge on any atom is -0.496 e. The number of benzene rings is 1. The molecule has 6 nitrogen and oxygen atoms in total. The number of hydrogen-bond acceptors (Lipinski definition) is 6. The molecular formula is C24H31NO5S. The lowest BCUT2D eigenvalue weighted by Crippen LogP contribution is -2.28. The highest BCUT2D eigenvalue weighted by molar-refractivity contribution is 7.17. The zero-order valence-corrected chi connectivity index (χ0v) is 19.9. The Labute approximate surface area is 187 Å². The van der Waals surface area contributed by atoms with Gasteiger partial charge in [0.2, 0.25) is 0 Å². The molecule has 1 aromatic heterocycles. The molecule has 3 rings (SSSR count). The van der Waals surface area contributed by atoms with Crippen molar-refractivity contribution in [3.8, 4) is 11.5 Å². The van der Waals surface area contributed by atoms with E-state index in [0.29, 0.717) is 33.5 Å². The first-order valence-electron chi connectivity index (χ1n) is 10.5. The summed E-state index contributed by atoms with van der Waals surface area (Å²) in [6.45, 7) is 6.82. The molecular weight excluding hydrogens is 414 g/mol. The fourth-order valence-corrected chi connectivity index (χ4v) is 5.50. The summed E-state index contributed by atoms with van der Waals surface area (Å²) in [5, 5.41) is 3.45. The summed E-state index contributed by atoms with van der Waals surface area (Å²) in [5.41, 5.74) is 1.99. The lowest BCUT2D eigenvalue weighted by molar-refractivity contribution is 0.0600. The van der Waals surface area contributed by atoms with Crippen LogP contribution in [0.2, 0.25) is 0 Å². The molecule has 168 valence electrons. The zero-order chi connectivity index (χ0) is 22.8. The van der Waals surface area contributed by atoms with Crippen molar-refractivity contribution in [2.24, 2.45) is 11.3 Å². The molecule has 1 amide bonds. The molecule has 0 spiro atoms. The molecule has 1 aliphatic carbocycles. The number of esters is 1. The maximum Gasteiger partial charge on any atom is 0.341 e. The topological polar surface area (TPSA) is 73.9 Å². The standard InChI is InChI=1S/C24H31NO5S/c1-7-24(2,3)14-11-12-15-18(13-14)31-22(19(15)23(27)30-6)25-21(26)20-16(28-4)9-8-10-17(20)29-5/h8-10,14H,7,11-13H2,1-6H3,(H,25,26). The number of carbonyl (C=O) groups excluding carboxylic acids is 2. The molecule has 31 heavy (non-hydrogen) atoms. The van der Waals surface area contributed by atoms with Crippen LogP contribution in [0.3, 0.4) is 0 Å². The molecule has 0 saturated heterocycles. The van der Waals surface area contributed by atoms with E-state index < -0.39 is 5.97 Å². The Balaban J connectivity index is 2.00. The predicted molar refractivity (Wildman–Crippen MR) is 123 cm³/mol. The molecule has 1 heterocycles. The number of thiophene rings is 1. The summed E-state index contributed by atoms with van der Waals surface area (Å²) in [5.74, 6) is 0.536. The molecule has 0 fully saturated rings. The Kier molecular flexibility index (Phi) is 6.94. The number of hydrogen-bond donors (Lipinski definition) is 1. The molecule has 0 aliphatic heterocycles. The van der Waals surface area contributed by atoms with Gasteiger partial charge >= 0.3 is 5.97 Å². The Morgan fingerprint density at radius 1 is 1.13 bits per heavy atom. The van der Waals surface area contributed by atoms with E-state index in [-0.39, 0.29) is 11.3 Å². The summed E-state index contributed by atoms with van der Waals surface area (Å²) < 4.78 is 15.8. The number of carbonyl (C=O) groups is 2. The summed E-state index contributed by atoms with van der Waals surface area (Å²) in [6, 6.07) is 5.17. The van der Waals surface area contributed by atoms with E-state index in [1.807, 2.05) is 0 Å². The molecule has 2 aromatic rings. The molecule has 7 heteroatoms. The van der Waals surface area contributed by atoms with Gasteiger partial charge in [-0.2, -0.15) is 0 Å². The minimum absolute atomic E-state index is 0.224. The van der Waals surface area contributed by atoms with Gasteiger partial charge in [-0.1, -0.05) is 33.3 Å². The number of ether oxygens (including phenoxy) is 3. The van der Waals surface area contributed by atoms with Crippen molar-refractivity contribution in [1.82, 2.24) is 0 Å². The first-order valence-corrected chi connectivity index (χ1v) is 11.3. The quantitative estimate of drug-likeness (QED) is 0.582. The number of amides is 1. The van der Waals surface area contributed by atoms with Crippen molar-refractivity contribution in [3.05, 3.63) is 39.8 Å². The maximum absolute atomic E-state index is 13.2. The van der Waals surface area contributed by atoms with Crippen LogP contribution in [0, 0.1) is 11.3 Å². The maximum atomic E-state index is 13.2. The Morgan fingerprint density at radius 3 is 2.32 bits per heavy atom. The fraction of sp³-hybridized carbons (Fsp3) is 0.500. The lowest BCUT2D eigenvalue weighted by atomic mass is 9.69. The molecule has 0 radical (unpaired) electrons. The van der Waals surface area contributed by atoms with Crippen LogP contribution in [-0.4, -0.2) is 33.2 Å². The van der Waals surface area contributed by atoms with Gasteiger partial charge in [0.1, 0.15) is 22.1 Å². The number of fused-ring (bicyclic) bond motifs is 1. The van der Waals surface area contributed by atoms with Gasteiger partial charge in [0.05, 0.1) is 26.9 Å². The molecule has 0 saturated carbocycles. The van der Waals surface area contributed by atoms with E-state index in [1.54, 1.807) is 18.2 Å². The molecule has 1 unspecified atom stereocenters. The smallest absolute Gasteiger partial charge is 0.341 e. The third-order valence-corrected chi connectivity index (χ3v) is 7.72. The van der Waals surface area contributed by atoms with Crippen molar-refractivity contribution in [2.75, 3.05) is 26.6 Å². The highest BCUT2D eigenvalue weighted by Gasteiger charge is 2.36. The first-order chi connectivity index (χ1) is 14.8. The zero-order valence-electron chi connectivity index (χ0n) is 19.1. The van der Waals surface area contributed by atoms with Crippen LogP contribution in [0.15, 0.2) is 18.2 Å². The summed E-state index contributed by atoms with van der Waals surface area (Å²) >= 11 is 1.47. The Hall–Kier alpha value is -2.54. The van der Waals surface area contributed by atoms with E-state index in [9.17, 15) is 9.59 Å². The second-order valence-corrected chi connectivity index (χ2v) is 9.58. The summed E-state index contributed by atoms with van der Waals surface area (Å²) in [4.78, 5) is 27.0. The van der Waals surface area contributed by atoms with E-state index in [2.05, 4.69) is 26.1 Å². The third kappa shape index (κ3) is 4.42. The van der Waals surface area contributed by atoms with Crippen molar-refractivity contribution >= 4 is 28.2 Å². The first kappa shape index (κ1) is 23.1. The van der Waals surface area contributed by atoms with Crippen molar-refractivity contribution in [1.29, 1.82) is 0 Å². The number of rotatable bonds is 7. The van der Waals surface area contributed by atoms with Crippen LogP contribution in [-0.2, 0) is 17.6 Å². The van der Waals surface area contributed by atoms with E-state index in [4.69, 9.17) is 14.2 Å². The van der Waals surface area contributed by atoms with Crippen LogP contribution in [0.1, 0.15) is 64.8 Å². The molecule has 1 atom stereocenters. The van der Waals surface area contributed by atoms with Crippen molar-refractivity contribution < 1.29 is 23.8 Å². The second-order valence-electron chi connectivity index (χ2n) is 8.47. The second kappa shape index (κ2) is 9.30. The van der Waals surface area contributed by atoms with E-state index in [0.717, 1.165) is 36.1 Å². The monoisotopic (exact) mass is 445 g/mol. The van der Waals surface area contributed by atoms with E-state index in [1.165, 1.54) is 32.7 Å². The van der Waals surface area contributed by atoms with Crippen molar-refractivity contribution in [2.45, 2.75) is 46.5 Å². The van der Waals surface area contributed by atoms with Gasteiger partial charge in [-0.3, -0.25) is 4.79 Å². The number of anilines is 1. The van der Waals surface area contributed by atoms with E-state index >= 15 is 0 Å². The fourth-order valence-electron chi connectivity index (χ4n) is 4.19. The normalized spacial score (nSPS) is 15.7. The predicted octanol–water partition coefficient (Wildman–Crippen LogP) is 5.35. The average Bonchev–Trinajstić information content (AvgIpc) is 3.14. The summed E-state index contributed by atoms with van der Waals surface area (Å²) in [7, 11) is 4.38. The van der Waals surface area contributed by atoms with Gasteiger partial charge in [0.25, 0.3) is 5.91 Å². The number of methoxy groups -OCH3 is 3. The molecule has 1 aromatic carbocycles. The highest BCUT2D eigenvalue weighted by atomic mass is 32.1. The van der Waals surface area contributed by atoms with Gasteiger partial charge in [-0.15, -0.1) is 11.3 Å². The van der Waals surface area contributed by atoms with Crippen LogP contribution in [0.25, 0.3) is 0 Å². The molecule has 1 aliphatic rings. The van der Waals surface area contributed by atoms with Gasteiger partial charge < -0.3 is 19.5 Å². The third-order valence-electron chi connectivity index (χ3n) is 6.55. The lowest BCUT2D eigenvalue weighted by Gasteiger charge is -2.36. The van der Waals surface area contributed by atoms with Gasteiger partial charge in [-0.05, 0) is 48.3 Å². The van der Waals surface area contributed by atoms with Crippen LogP contribution >= 0.6 is 11.3 Å². The van der Waals surface area contributed by atoms with Crippen LogP contribution in [0.4, 0.5) is 5.00 Å². The Morgan fingerprint density at radius 2 is 1.77 bits per heavy atom. The molecule has 1 N–H and O–H groups in total. The number of nitrogens with one attached hydrogen (secondary N) is 1. The van der Waals surface area contributed by atoms with Crippen LogP contribution < -0.4 is 14.8 Å². The Bertz CT molecular complexity index is 956. The highest BCUT2D eigenvalue weighted by Crippen LogP contribution is 2.46. The largest absolute Gasteiger partial charge is 0.496 e. The van der Waals surface area contributed by atoms with Gasteiger partial charge in [0, 0.05) is 4.88 Å². The summed E-state index contributed by atoms with van der Waals surface area (Å²) in [6.07, 6.45) is 3.82. The minimum atomic E-state index is -0.423.